The summed E-state index contributed by atoms with van der Waals surface area (Å²) in [4.78, 5) is 30.6. The Bertz CT molecular complexity index is 1540. The van der Waals surface area contributed by atoms with Gasteiger partial charge in [0.1, 0.15) is 18.4 Å². The van der Waals surface area contributed by atoms with Gasteiger partial charge in [0.05, 0.1) is 22.6 Å². The molecule has 1 atom stereocenters. The third-order valence-electron chi connectivity index (χ3n) is 7.19. The number of nitrogens with zero attached hydrogens (tertiary/aromatic N) is 3. The molecule has 1 unspecified atom stereocenters. The summed E-state index contributed by atoms with van der Waals surface area (Å²) in [7, 11) is 0. The van der Waals surface area contributed by atoms with Gasteiger partial charge in [0, 0.05) is 17.8 Å². The van der Waals surface area contributed by atoms with Gasteiger partial charge < -0.3 is 9.47 Å². The summed E-state index contributed by atoms with van der Waals surface area (Å²) in [6, 6.07) is 20.4. The normalized spacial score (nSPS) is 16.4. The fraction of sp³-hybridized carbons (Fsp3) is 0.200. The van der Waals surface area contributed by atoms with Gasteiger partial charge in [-0.1, -0.05) is 24.3 Å². The number of fused-ring (bicyclic) bond motifs is 3. The number of rotatable bonds is 5. The molecule has 1 fully saturated rings. The van der Waals surface area contributed by atoms with Gasteiger partial charge in [-0.2, -0.15) is 13.2 Å². The molecule has 2 aliphatic rings. The molecule has 0 N–H and O–H groups in total. The van der Waals surface area contributed by atoms with Crippen LogP contribution in [0.3, 0.4) is 0 Å². The van der Waals surface area contributed by atoms with E-state index in [0.717, 1.165) is 35.6 Å². The van der Waals surface area contributed by atoms with Gasteiger partial charge in [-0.05, 0) is 79.1 Å². The predicted octanol–water partition coefficient (Wildman–Crippen LogP) is 6.38. The molecule has 0 radical (unpaired) electrons. The molecule has 0 saturated heterocycles. The standard InChI is InChI=1S/C30H23F4N3O2/c31-22-13-9-19(10-14-22)28-26-6-3-17-35(26)24-4-1-2-5-25(24)37(28)27(38)18-36(23-15-16-23)29(39)20-7-11-21(12-8-20)30(32,33)34/h1-14,17,23,28H,15-16,18H2. The number of amides is 2. The molecule has 3 aromatic carbocycles. The molecule has 9 heteroatoms. The van der Waals surface area contributed by atoms with Crippen molar-refractivity contribution >= 4 is 17.5 Å². The Morgan fingerprint density at radius 2 is 1.51 bits per heavy atom. The van der Waals surface area contributed by atoms with E-state index in [1.54, 1.807) is 17.0 Å². The number of carbonyl (C=O) groups excluding carboxylic acids is 2. The highest BCUT2D eigenvalue weighted by Gasteiger charge is 2.40. The van der Waals surface area contributed by atoms with Crippen LogP contribution < -0.4 is 4.90 Å². The molecule has 1 aromatic heterocycles. The van der Waals surface area contributed by atoms with E-state index >= 15 is 0 Å². The van der Waals surface area contributed by atoms with Crippen LogP contribution in [0.15, 0.2) is 91.1 Å². The highest BCUT2D eigenvalue weighted by molar-refractivity contribution is 6.03. The zero-order valence-electron chi connectivity index (χ0n) is 20.6. The third kappa shape index (κ3) is 4.58. The Morgan fingerprint density at radius 1 is 0.846 bits per heavy atom. The van der Waals surface area contributed by atoms with Gasteiger partial charge in [0.15, 0.2) is 0 Å². The number of benzene rings is 3. The van der Waals surface area contributed by atoms with E-state index in [4.69, 9.17) is 0 Å². The first-order valence-electron chi connectivity index (χ1n) is 12.5. The van der Waals surface area contributed by atoms with Crippen molar-refractivity contribution < 1.29 is 27.2 Å². The van der Waals surface area contributed by atoms with Crippen LogP contribution in [0.2, 0.25) is 0 Å². The Morgan fingerprint density at radius 3 is 2.15 bits per heavy atom. The Labute approximate surface area is 221 Å². The fourth-order valence-corrected chi connectivity index (χ4v) is 5.16. The van der Waals surface area contributed by atoms with E-state index in [-0.39, 0.29) is 24.1 Å². The SMILES string of the molecule is O=C(c1ccc(C(F)(F)F)cc1)N(CC(=O)N1c2ccccc2-n2cccc2C1c1ccc(F)cc1)C1CC1. The van der Waals surface area contributed by atoms with Crippen molar-refractivity contribution in [2.45, 2.75) is 31.1 Å². The smallest absolute Gasteiger partial charge is 0.326 e. The summed E-state index contributed by atoms with van der Waals surface area (Å²) >= 11 is 0. The molecule has 1 saturated carbocycles. The molecule has 6 rings (SSSR count). The number of halogens is 4. The van der Waals surface area contributed by atoms with Gasteiger partial charge in [-0.3, -0.25) is 14.5 Å². The predicted molar refractivity (Wildman–Crippen MR) is 137 cm³/mol. The van der Waals surface area contributed by atoms with E-state index in [9.17, 15) is 27.2 Å². The summed E-state index contributed by atoms with van der Waals surface area (Å²) < 4.78 is 54.9. The fourth-order valence-electron chi connectivity index (χ4n) is 5.16. The molecule has 1 aliphatic heterocycles. The second kappa shape index (κ2) is 9.41. The van der Waals surface area contributed by atoms with Gasteiger partial charge in [0.25, 0.3) is 5.91 Å². The van der Waals surface area contributed by atoms with Crippen LogP contribution >= 0.6 is 0 Å². The van der Waals surface area contributed by atoms with Gasteiger partial charge in [-0.25, -0.2) is 4.39 Å². The molecule has 39 heavy (non-hydrogen) atoms. The summed E-state index contributed by atoms with van der Waals surface area (Å²) in [5, 5.41) is 0. The van der Waals surface area contributed by atoms with Crippen molar-refractivity contribution in [3.8, 4) is 5.69 Å². The van der Waals surface area contributed by atoms with Crippen molar-refractivity contribution in [3.63, 3.8) is 0 Å². The summed E-state index contributed by atoms with van der Waals surface area (Å²) in [5.74, 6) is -1.24. The largest absolute Gasteiger partial charge is 0.416 e. The van der Waals surface area contributed by atoms with E-state index in [1.165, 1.54) is 17.0 Å². The zero-order chi connectivity index (χ0) is 27.3. The maximum atomic E-state index is 14.1. The lowest BCUT2D eigenvalue weighted by atomic mass is 9.97. The van der Waals surface area contributed by atoms with Crippen molar-refractivity contribution in [2.24, 2.45) is 0 Å². The minimum atomic E-state index is -4.51. The van der Waals surface area contributed by atoms with Crippen molar-refractivity contribution in [2.75, 3.05) is 11.4 Å². The lowest BCUT2D eigenvalue weighted by Crippen LogP contribution is -2.47. The Kier molecular flexibility index (Phi) is 6.01. The summed E-state index contributed by atoms with van der Waals surface area (Å²) in [5.41, 5.74) is 2.18. The minimum Gasteiger partial charge on any atom is -0.326 e. The number of anilines is 1. The van der Waals surface area contributed by atoms with Gasteiger partial charge >= 0.3 is 6.18 Å². The highest BCUT2D eigenvalue weighted by Crippen LogP contribution is 2.42. The summed E-state index contributed by atoms with van der Waals surface area (Å²) in [6.07, 6.45) is -1.19. The van der Waals surface area contributed by atoms with Gasteiger partial charge in [0.2, 0.25) is 5.91 Å². The van der Waals surface area contributed by atoms with Crippen molar-refractivity contribution in [3.05, 3.63) is 119 Å². The maximum Gasteiger partial charge on any atom is 0.416 e. The van der Waals surface area contributed by atoms with Crippen molar-refractivity contribution in [1.29, 1.82) is 0 Å². The second-order valence-corrected chi connectivity index (χ2v) is 9.75. The average molecular weight is 534 g/mol. The quantitative estimate of drug-likeness (QED) is 0.280. The first-order valence-corrected chi connectivity index (χ1v) is 12.5. The molecule has 5 nitrogen and oxygen atoms in total. The van der Waals surface area contributed by atoms with Crippen LogP contribution in [0, 0.1) is 5.82 Å². The molecule has 2 amide bonds. The Balaban J connectivity index is 1.36. The molecular formula is C30H23F4N3O2. The van der Waals surface area contributed by atoms with Crippen LogP contribution in [-0.2, 0) is 11.0 Å². The summed E-state index contributed by atoms with van der Waals surface area (Å²) in [6.45, 7) is -0.253. The zero-order valence-corrected chi connectivity index (χ0v) is 20.6. The van der Waals surface area contributed by atoms with Crippen LogP contribution in [0.5, 0.6) is 0 Å². The highest BCUT2D eigenvalue weighted by atomic mass is 19.4. The molecule has 0 bridgehead atoms. The maximum absolute atomic E-state index is 14.1. The molecular weight excluding hydrogens is 510 g/mol. The van der Waals surface area contributed by atoms with E-state index < -0.39 is 29.5 Å². The van der Waals surface area contributed by atoms with Crippen LogP contribution in [0.4, 0.5) is 23.2 Å². The van der Waals surface area contributed by atoms with E-state index in [0.29, 0.717) is 24.1 Å². The van der Waals surface area contributed by atoms with Crippen LogP contribution in [0.1, 0.15) is 46.1 Å². The van der Waals surface area contributed by atoms with Crippen LogP contribution in [0.25, 0.3) is 5.69 Å². The molecule has 1 aliphatic carbocycles. The van der Waals surface area contributed by atoms with Crippen molar-refractivity contribution in [1.82, 2.24) is 9.47 Å². The Hall–Kier alpha value is -4.40. The van der Waals surface area contributed by atoms with E-state index in [1.807, 2.05) is 47.2 Å². The lowest BCUT2D eigenvalue weighted by molar-refractivity contribution is -0.137. The molecule has 4 aromatic rings. The second-order valence-electron chi connectivity index (χ2n) is 9.75. The molecule has 198 valence electrons. The topological polar surface area (TPSA) is 45.6 Å². The molecule has 2 heterocycles. The minimum absolute atomic E-state index is 0.0886. The lowest BCUT2D eigenvalue weighted by Gasteiger charge is -2.39. The van der Waals surface area contributed by atoms with Crippen LogP contribution in [-0.4, -0.2) is 33.9 Å². The number of hydrogen-bond acceptors (Lipinski definition) is 2. The number of para-hydroxylation sites is 2. The monoisotopic (exact) mass is 533 g/mol. The number of hydrogen-bond donors (Lipinski definition) is 0. The third-order valence-corrected chi connectivity index (χ3v) is 7.19. The number of alkyl halides is 3. The average Bonchev–Trinajstić information content (AvgIpc) is 3.65. The molecule has 0 spiro atoms. The first-order chi connectivity index (χ1) is 18.7. The number of carbonyl (C=O) groups is 2. The number of aromatic nitrogens is 1. The van der Waals surface area contributed by atoms with Gasteiger partial charge in [-0.15, -0.1) is 0 Å². The van der Waals surface area contributed by atoms with E-state index in [2.05, 4.69) is 0 Å². The first kappa shape index (κ1) is 24.9.